The molecule has 0 spiro atoms. The molecular weight excluding hydrogens is 326 g/mol. The number of sulfonamides is 1. The minimum atomic E-state index is -3.33. The standard InChI is InChI=1S/C14H20BrNO2S/c1-2-9-16(11-13-3-4-13)19(17,18)14-7-5-12(10-15)6-8-14/h5-8,13H,2-4,9-11H2,1H3. The van der Waals surface area contributed by atoms with Gasteiger partial charge in [0.1, 0.15) is 0 Å². The van der Waals surface area contributed by atoms with E-state index in [1.807, 2.05) is 19.1 Å². The molecule has 0 N–H and O–H groups in total. The zero-order chi connectivity index (χ0) is 13.9. The highest BCUT2D eigenvalue weighted by atomic mass is 79.9. The van der Waals surface area contributed by atoms with Crippen LogP contribution in [0.2, 0.25) is 0 Å². The van der Waals surface area contributed by atoms with Crippen molar-refractivity contribution in [3.63, 3.8) is 0 Å². The van der Waals surface area contributed by atoms with E-state index in [-0.39, 0.29) is 0 Å². The molecule has 0 saturated heterocycles. The summed E-state index contributed by atoms with van der Waals surface area (Å²) in [7, 11) is -3.33. The van der Waals surface area contributed by atoms with Gasteiger partial charge in [0.25, 0.3) is 0 Å². The van der Waals surface area contributed by atoms with Crippen molar-refractivity contribution in [3.05, 3.63) is 29.8 Å². The average Bonchev–Trinajstić information content (AvgIpc) is 3.22. The summed E-state index contributed by atoms with van der Waals surface area (Å²) in [4.78, 5) is 0.409. The lowest BCUT2D eigenvalue weighted by Crippen LogP contribution is -2.33. The minimum Gasteiger partial charge on any atom is -0.207 e. The molecule has 1 saturated carbocycles. The van der Waals surface area contributed by atoms with Crippen LogP contribution in [-0.4, -0.2) is 25.8 Å². The van der Waals surface area contributed by atoms with Crippen molar-refractivity contribution in [2.45, 2.75) is 36.4 Å². The molecule has 0 radical (unpaired) electrons. The second-order valence-corrected chi connectivity index (χ2v) is 7.58. The number of hydrogen-bond donors (Lipinski definition) is 0. The summed E-state index contributed by atoms with van der Waals surface area (Å²) in [6.45, 7) is 3.30. The Labute approximate surface area is 124 Å². The maximum Gasteiger partial charge on any atom is 0.243 e. The van der Waals surface area contributed by atoms with Gasteiger partial charge in [0.2, 0.25) is 10.0 Å². The van der Waals surface area contributed by atoms with Crippen LogP contribution in [-0.2, 0) is 15.4 Å². The molecule has 5 heteroatoms. The van der Waals surface area contributed by atoms with Crippen LogP contribution in [0.5, 0.6) is 0 Å². The molecule has 0 unspecified atom stereocenters. The quantitative estimate of drug-likeness (QED) is 0.710. The fourth-order valence-electron chi connectivity index (χ4n) is 2.05. The number of nitrogens with zero attached hydrogens (tertiary/aromatic N) is 1. The van der Waals surface area contributed by atoms with E-state index in [0.717, 1.165) is 30.2 Å². The summed E-state index contributed by atoms with van der Waals surface area (Å²) in [5, 5.41) is 0.744. The molecule has 1 aromatic carbocycles. The highest BCUT2D eigenvalue weighted by Crippen LogP contribution is 2.31. The topological polar surface area (TPSA) is 37.4 Å². The molecule has 0 heterocycles. The number of alkyl halides is 1. The molecule has 1 fully saturated rings. The molecule has 1 aliphatic carbocycles. The molecule has 1 aliphatic rings. The predicted molar refractivity (Wildman–Crippen MR) is 80.8 cm³/mol. The van der Waals surface area contributed by atoms with Gasteiger partial charge in [0, 0.05) is 18.4 Å². The van der Waals surface area contributed by atoms with Crippen LogP contribution in [0, 0.1) is 5.92 Å². The van der Waals surface area contributed by atoms with Crippen molar-refractivity contribution in [2.24, 2.45) is 5.92 Å². The van der Waals surface area contributed by atoms with Gasteiger partial charge in [-0.3, -0.25) is 0 Å². The second-order valence-electron chi connectivity index (χ2n) is 5.08. The van der Waals surface area contributed by atoms with Gasteiger partial charge in [-0.05, 0) is 42.9 Å². The summed E-state index contributed by atoms with van der Waals surface area (Å²) in [6, 6.07) is 7.15. The fourth-order valence-corrected chi connectivity index (χ4v) is 4.03. The van der Waals surface area contributed by atoms with Crippen LogP contribution in [0.25, 0.3) is 0 Å². The second kappa shape index (κ2) is 6.37. The van der Waals surface area contributed by atoms with Gasteiger partial charge < -0.3 is 0 Å². The van der Waals surface area contributed by atoms with E-state index in [1.54, 1.807) is 16.4 Å². The molecule has 2 rings (SSSR count). The number of hydrogen-bond acceptors (Lipinski definition) is 2. The molecule has 19 heavy (non-hydrogen) atoms. The molecule has 1 aromatic rings. The third-order valence-electron chi connectivity index (χ3n) is 3.35. The Bertz CT molecular complexity index is 509. The van der Waals surface area contributed by atoms with Crippen molar-refractivity contribution >= 4 is 26.0 Å². The van der Waals surface area contributed by atoms with Crippen LogP contribution in [0.15, 0.2) is 29.2 Å². The Kier molecular flexibility index (Phi) is 5.03. The van der Waals surface area contributed by atoms with Crippen LogP contribution in [0.3, 0.4) is 0 Å². The minimum absolute atomic E-state index is 0.409. The van der Waals surface area contributed by atoms with Gasteiger partial charge in [-0.1, -0.05) is 35.0 Å². The molecule has 3 nitrogen and oxygen atoms in total. The summed E-state index contributed by atoms with van der Waals surface area (Å²) >= 11 is 3.37. The Balaban J connectivity index is 2.20. The molecule has 106 valence electrons. The molecule has 0 aliphatic heterocycles. The SMILES string of the molecule is CCCN(CC1CC1)S(=O)(=O)c1ccc(CBr)cc1. The van der Waals surface area contributed by atoms with Crippen LogP contribution in [0.4, 0.5) is 0 Å². The van der Waals surface area contributed by atoms with Crippen LogP contribution in [0.1, 0.15) is 31.7 Å². The Morgan fingerprint density at radius 2 is 1.89 bits per heavy atom. The van der Waals surface area contributed by atoms with Gasteiger partial charge in [-0.15, -0.1) is 0 Å². The largest absolute Gasteiger partial charge is 0.243 e. The molecule has 0 atom stereocenters. The number of benzene rings is 1. The Hall–Kier alpha value is -0.390. The smallest absolute Gasteiger partial charge is 0.207 e. The normalized spacial score (nSPS) is 15.9. The zero-order valence-corrected chi connectivity index (χ0v) is 13.6. The van der Waals surface area contributed by atoms with Crippen molar-refractivity contribution in [2.75, 3.05) is 13.1 Å². The van der Waals surface area contributed by atoms with Crippen molar-refractivity contribution in [1.29, 1.82) is 0 Å². The monoisotopic (exact) mass is 345 g/mol. The highest BCUT2D eigenvalue weighted by molar-refractivity contribution is 9.08. The van der Waals surface area contributed by atoms with E-state index in [2.05, 4.69) is 15.9 Å². The van der Waals surface area contributed by atoms with Gasteiger partial charge in [0.15, 0.2) is 0 Å². The van der Waals surface area contributed by atoms with E-state index >= 15 is 0 Å². The molecule has 0 bridgehead atoms. The first-order valence-corrected chi connectivity index (χ1v) is 9.29. The van der Waals surface area contributed by atoms with E-state index in [1.165, 1.54) is 0 Å². The first-order chi connectivity index (χ1) is 9.07. The summed E-state index contributed by atoms with van der Waals surface area (Å²) < 4.78 is 26.8. The summed E-state index contributed by atoms with van der Waals surface area (Å²) in [5.41, 5.74) is 1.09. The number of halogens is 1. The Morgan fingerprint density at radius 1 is 1.26 bits per heavy atom. The van der Waals surface area contributed by atoms with Crippen LogP contribution >= 0.6 is 15.9 Å². The lowest BCUT2D eigenvalue weighted by Gasteiger charge is -2.21. The zero-order valence-electron chi connectivity index (χ0n) is 11.2. The first-order valence-electron chi connectivity index (χ1n) is 6.73. The van der Waals surface area contributed by atoms with Crippen molar-refractivity contribution in [3.8, 4) is 0 Å². The maximum absolute atomic E-state index is 12.6. The molecular formula is C14H20BrNO2S. The molecule has 0 aromatic heterocycles. The summed E-state index contributed by atoms with van der Waals surface area (Å²) in [6.07, 6.45) is 3.18. The van der Waals surface area contributed by atoms with E-state index in [9.17, 15) is 8.42 Å². The predicted octanol–water partition coefficient (Wildman–Crippen LogP) is 3.39. The Morgan fingerprint density at radius 3 is 2.37 bits per heavy atom. The van der Waals surface area contributed by atoms with Crippen LogP contribution < -0.4 is 0 Å². The number of rotatable bonds is 7. The van der Waals surface area contributed by atoms with Gasteiger partial charge >= 0.3 is 0 Å². The average molecular weight is 346 g/mol. The lowest BCUT2D eigenvalue weighted by atomic mass is 10.2. The first kappa shape index (κ1) is 15.0. The fraction of sp³-hybridized carbons (Fsp3) is 0.571. The van der Waals surface area contributed by atoms with E-state index in [4.69, 9.17) is 0 Å². The van der Waals surface area contributed by atoms with Gasteiger partial charge in [0.05, 0.1) is 4.90 Å². The van der Waals surface area contributed by atoms with E-state index < -0.39 is 10.0 Å². The van der Waals surface area contributed by atoms with Gasteiger partial charge in [-0.25, -0.2) is 8.42 Å². The third-order valence-corrected chi connectivity index (χ3v) is 5.87. The van der Waals surface area contributed by atoms with Crippen molar-refractivity contribution in [1.82, 2.24) is 4.31 Å². The highest BCUT2D eigenvalue weighted by Gasteiger charge is 2.30. The van der Waals surface area contributed by atoms with Gasteiger partial charge in [-0.2, -0.15) is 4.31 Å². The maximum atomic E-state index is 12.6. The lowest BCUT2D eigenvalue weighted by molar-refractivity contribution is 0.395. The molecule has 0 amide bonds. The third kappa shape index (κ3) is 3.80. The van der Waals surface area contributed by atoms with E-state index in [0.29, 0.717) is 23.9 Å². The summed E-state index contributed by atoms with van der Waals surface area (Å²) in [5.74, 6) is 0.572. The van der Waals surface area contributed by atoms with Crippen molar-refractivity contribution < 1.29 is 8.42 Å².